The predicted octanol–water partition coefficient (Wildman–Crippen LogP) is 3.82. The molecule has 1 N–H and O–H groups in total. The van der Waals surface area contributed by atoms with Crippen LogP contribution in [0.15, 0.2) is 72.9 Å². The largest absolute Gasteiger partial charge is 0.487 e. The van der Waals surface area contributed by atoms with Gasteiger partial charge >= 0.3 is 0 Å². The molecule has 0 saturated heterocycles. The van der Waals surface area contributed by atoms with E-state index in [0.29, 0.717) is 6.61 Å². The summed E-state index contributed by atoms with van der Waals surface area (Å²) < 4.78 is 5.69. The Labute approximate surface area is 129 Å². The molecular weight excluding hydrogens is 274 g/mol. The average molecular weight is 291 g/mol. The summed E-state index contributed by atoms with van der Waals surface area (Å²) >= 11 is 0. The Kier molecular flexibility index (Phi) is 4.47. The van der Waals surface area contributed by atoms with E-state index in [-0.39, 0.29) is 6.61 Å². The molecule has 0 fully saturated rings. The van der Waals surface area contributed by atoms with Crippen LogP contribution in [-0.2, 0) is 13.2 Å². The third-order valence-electron chi connectivity index (χ3n) is 3.42. The normalized spacial score (nSPS) is 10.4. The highest BCUT2D eigenvalue weighted by Crippen LogP contribution is 2.18. The van der Waals surface area contributed by atoms with Crippen molar-refractivity contribution in [1.29, 1.82) is 0 Å². The van der Waals surface area contributed by atoms with Crippen LogP contribution >= 0.6 is 0 Å². The monoisotopic (exact) mass is 291 g/mol. The maximum atomic E-state index is 9.01. The van der Waals surface area contributed by atoms with Gasteiger partial charge in [-0.05, 0) is 29.3 Å². The molecule has 1 heterocycles. The Morgan fingerprint density at radius 2 is 1.59 bits per heavy atom. The molecule has 0 atom stereocenters. The predicted molar refractivity (Wildman–Crippen MR) is 86.4 cm³/mol. The minimum Gasteiger partial charge on any atom is -0.487 e. The number of hydrogen-bond acceptors (Lipinski definition) is 3. The number of aromatic nitrogens is 1. The smallest absolute Gasteiger partial charge is 0.130 e. The van der Waals surface area contributed by atoms with Gasteiger partial charge in [0.05, 0.1) is 12.3 Å². The van der Waals surface area contributed by atoms with Crippen LogP contribution in [0.25, 0.3) is 11.1 Å². The highest BCUT2D eigenvalue weighted by atomic mass is 16.5. The number of aliphatic hydroxyl groups is 1. The van der Waals surface area contributed by atoms with E-state index in [1.54, 1.807) is 0 Å². The molecule has 0 bridgehead atoms. The fourth-order valence-electron chi connectivity index (χ4n) is 2.16. The third kappa shape index (κ3) is 3.51. The van der Waals surface area contributed by atoms with Crippen LogP contribution in [0, 0.1) is 0 Å². The molecule has 0 spiro atoms. The topological polar surface area (TPSA) is 42.4 Å². The maximum absolute atomic E-state index is 9.01. The van der Waals surface area contributed by atoms with Crippen LogP contribution in [-0.4, -0.2) is 10.1 Å². The Hall–Kier alpha value is -2.65. The molecule has 3 heteroatoms. The summed E-state index contributed by atoms with van der Waals surface area (Å²) in [6, 6.07) is 21.6. The third-order valence-corrected chi connectivity index (χ3v) is 3.42. The summed E-state index contributed by atoms with van der Waals surface area (Å²) in [5.74, 6) is 0.770. The van der Waals surface area contributed by atoms with Gasteiger partial charge in [-0.15, -0.1) is 0 Å². The highest BCUT2D eigenvalue weighted by molar-refractivity contribution is 5.62. The van der Waals surface area contributed by atoms with Gasteiger partial charge in [0, 0.05) is 11.8 Å². The van der Waals surface area contributed by atoms with Crippen LogP contribution in [0.2, 0.25) is 0 Å². The average Bonchev–Trinajstić information content (AvgIpc) is 2.61. The first-order valence-corrected chi connectivity index (χ1v) is 7.18. The lowest BCUT2D eigenvalue weighted by Crippen LogP contribution is -1.98. The van der Waals surface area contributed by atoms with Crippen molar-refractivity contribution in [3.8, 4) is 16.9 Å². The van der Waals surface area contributed by atoms with Crippen molar-refractivity contribution in [2.45, 2.75) is 13.2 Å². The molecule has 3 aromatic rings. The highest BCUT2D eigenvalue weighted by Gasteiger charge is 2.00. The molecule has 0 radical (unpaired) electrons. The van der Waals surface area contributed by atoms with Crippen LogP contribution in [0.3, 0.4) is 0 Å². The zero-order chi connectivity index (χ0) is 15.2. The molecule has 0 unspecified atom stereocenters. The first-order valence-electron chi connectivity index (χ1n) is 7.18. The number of ether oxygens (including phenoxy) is 1. The minimum absolute atomic E-state index is 0.0444. The second kappa shape index (κ2) is 6.87. The molecule has 1 aromatic heterocycles. The van der Waals surface area contributed by atoms with Crippen molar-refractivity contribution in [3.63, 3.8) is 0 Å². The van der Waals surface area contributed by atoms with Crippen LogP contribution in [0.1, 0.15) is 11.3 Å². The second-order valence-electron chi connectivity index (χ2n) is 4.99. The molecule has 0 amide bonds. The van der Waals surface area contributed by atoms with Gasteiger partial charge < -0.3 is 9.84 Å². The van der Waals surface area contributed by atoms with E-state index in [0.717, 1.165) is 28.1 Å². The van der Waals surface area contributed by atoms with Gasteiger partial charge in [-0.3, -0.25) is 4.98 Å². The lowest BCUT2D eigenvalue weighted by Gasteiger charge is -2.07. The minimum atomic E-state index is 0.0444. The lowest BCUT2D eigenvalue weighted by molar-refractivity contribution is 0.280. The van der Waals surface area contributed by atoms with E-state index in [9.17, 15) is 0 Å². The maximum Gasteiger partial charge on any atom is 0.130 e. The number of pyridine rings is 1. The van der Waals surface area contributed by atoms with E-state index >= 15 is 0 Å². The molecule has 3 rings (SSSR count). The molecule has 2 aromatic carbocycles. The molecular formula is C19H17NO2. The van der Waals surface area contributed by atoms with Gasteiger partial charge in [-0.2, -0.15) is 0 Å². The van der Waals surface area contributed by atoms with Gasteiger partial charge in [0.2, 0.25) is 0 Å². The molecule has 22 heavy (non-hydrogen) atoms. The van der Waals surface area contributed by atoms with Crippen molar-refractivity contribution in [1.82, 2.24) is 4.98 Å². The van der Waals surface area contributed by atoms with Gasteiger partial charge in [-0.1, -0.05) is 48.5 Å². The summed E-state index contributed by atoms with van der Waals surface area (Å²) in [5, 5.41) is 9.01. The van der Waals surface area contributed by atoms with Crippen LogP contribution in [0.4, 0.5) is 0 Å². The number of nitrogens with zero attached hydrogens (tertiary/aromatic N) is 1. The molecule has 0 aliphatic heterocycles. The van der Waals surface area contributed by atoms with Crippen LogP contribution in [0.5, 0.6) is 5.75 Å². The summed E-state index contributed by atoms with van der Waals surface area (Å²) in [7, 11) is 0. The van der Waals surface area contributed by atoms with Gasteiger partial charge in [0.25, 0.3) is 0 Å². The number of benzene rings is 2. The lowest BCUT2D eigenvalue weighted by atomic mass is 10.1. The Morgan fingerprint density at radius 1 is 0.818 bits per heavy atom. The molecule has 3 nitrogen and oxygen atoms in total. The second-order valence-corrected chi connectivity index (χ2v) is 4.99. The summed E-state index contributed by atoms with van der Waals surface area (Å²) in [6.45, 7) is 0.469. The van der Waals surface area contributed by atoms with Gasteiger partial charge in [0.1, 0.15) is 12.4 Å². The van der Waals surface area contributed by atoms with E-state index < -0.39 is 0 Å². The molecule has 110 valence electrons. The summed E-state index contributed by atoms with van der Waals surface area (Å²) in [4.78, 5) is 4.44. The van der Waals surface area contributed by atoms with E-state index in [1.165, 1.54) is 0 Å². The van der Waals surface area contributed by atoms with E-state index in [1.807, 2.05) is 54.7 Å². The Morgan fingerprint density at radius 3 is 2.23 bits per heavy atom. The van der Waals surface area contributed by atoms with E-state index in [2.05, 4.69) is 23.2 Å². The number of rotatable bonds is 5. The Balaban J connectivity index is 1.63. The van der Waals surface area contributed by atoms with Crippen molar-refractivity contribution in [3.05, 3.63) is 84.2 Å². The first kappa shape index (κ1) is 14.3. The van der Waals surface area contributed by atoms with Gasteiger partial charge in [0.15, 0.2) is 0 Å². The van der Waals surface area contributed by atoms with E-state index in [4.69, 9.17) is 9.84 Å². The molecule has 0 aliphatic carbocycles. The van der Waals surface area contributed by atoms with Crippen LogP contribution < -0.4 is 4.74 Å². The molecule has 0 saturated carbocycles. The number of hydrogen-bond donors (Lipinski definition) is 1. The fourth-order valence-corrected chi connectivity index (χ4v) is 2.16. The summed E-state index contributed by atoms with van der Waals surface area (Å²) in [6.07, 6.45) is 1.86. The van der Waals surface area contributed by atoms with Gasteiger partial charge in [-0.25, -0.2) is 0 Å². The van der Waals surface area contributed by atoms with Crippen molar-refractivity contribution in [2.24, 2.45) is 0 Å². The fraction of sp³-hybridized carbons (Fsp3) is 0.105. The SMILES string of the molecule is OCc1ccc(OCc2ccc(-c3ccccc3)cn2)cc1. The standard InChI is InChI=1S/C19H17NO2/c21-13-15-6-10-19(11-7-15)22-14-18-9-8-17(12-20-18)16-4-2-1-3-5-16/h1-12,21H,13-14H2. The van der Waals surface area contributed by atoms with Crippen molar-refractivity contribution < 1.29 is 9.84 Å². The number of aliphatic hydroxyl groups excluding tert-OH is 1. The Bertz CT molecular complexity index is 707. The summed E-state index contributed by atoms with van der Waals surface area (Å²) in [5.41, 5.74) is 4.00. The van der Waals surface area contributed by atoms with Crippen molar-refractivity contribution >= 4 is 0 Å². The molecule has 0 aliphatic rings. The quantitative estimate of drug-likeness (QED) is 0.777. The van der Waals surface area contributed by atoms with Crippen molar-refractivity contribution in [2.75, 3.05) is 0 Å². The zero-order valence-corrected chi connectivity index (χ0v) is 12.1. The zero-order valence-electron chi connectivity index (χ0n) is 12.1. The first-order chi connectivity index (χ1) is 10.8.